The zero-order chi connectivity index (χ0) is 6.41. The first kappa shape index (κ1) is 6.77. The molecular weight excluding hydrogens is 104 g/mol. The third-order valence-electron chi connectivity index (χ3n) is 0.454. The molecule has 8 heavy (non-hydrogen) atoms. The number of hydrogen-bond donors (Lipinski definition) is 1. The lowest BCUT2D eigenvalue weighted by molar-refractivity contribution is -0.131. The summed E-state index contributed by atoms with van der Waals surface area (Å²) in [5, 5.41) is 7.99. The van der Waals surface area contributed by atoms with Gasteiger partial charge in [0, 0.05) is 6.08 Å². The smallest absolute Gasteiger partial charge is 0.328 e. The van der Waals surface area contributed by atoms with Crippen LogP contribution in [0.2, 0.25) is 0 Å². The maximum atomic E-state index is 9.72. The summed E-state index contributed by atoms with van der Waals surface area (Å²) in [5.41, 5.74) is 0. The second-order valence-corrected chi connectivity index (χ2v) is 1.07. The Morgan fingerprint density at radius 2 is 2.38 bits per heavy atom. The molecule has 0 rings (SSSR count). The van der Waals surface area contributed by atoms with Gasteiger partial charge in [-0.15, -0.1) is 5.92 Å². The summed E-state index contributed by atoms with van der Waals surface area (Å²) in [5.74, 6) is 4.03. The molecule has 2 nitrogen and oxygen atoms in total. The van der Waals surface area contributed by atoms with Gasteiger partial charge >= 0.3 is 5.97 Å². The lowest BCUT2D eigenvalue weighted by Crippen LogP contribution is -1.84. The second kappa shape index (κ2) is 3.94. The molecular formula is C6H6O2. The van der Waals surface area contributed by atoms with Crippen LogP contribution in [0.5, 0.6) is 0 Å². The van der Waals surface area contributed by atoms with Crippen molar-refractivity contribution in [1.82, 2.24) is 0 Å². The predicted molar refractivity (Wildman–Crippen MR) is 30.2 cm³/mol. The molecule has 0 aliphatic heterocycles. The Bertz CT molecular complexity index is 157. The van der Waals surface area contributed by atoms with Crippen LogP contribution in [-0.2, 0) is 4.79 Å². The topological polar surface area (TPSA) is 37.3 Å². The van der Waals surface area contributed by atoms with E-state index in [2.05, 4.69) is 11.8 Å². The first-order valence-electron chi connectivity index (χ1n) is 2.09. The van der Waals surface area contributed by atoms with Crippen molar-refractivity contribution in [2.45, 2.75) is 6.92 Å². The molecule has 0 heterocycles. The Morgan fingerprint density at radius 1 is 1.75 bits per heavy atom. The molecule has 0 saturated carbocycles. The average Bonchev–Trinajstić information content (AvgIpc) is 1.66. The standard InChI is InChI=1S/C6H6O2/c1-2-3-4-5-6(7)8/h4-5H,1H3,(H,7,8)/b5-4-. The van der Waals surface area contributed by atoms with Gasteiger partial charge in [-0.3, -0.25) is 0 Å². The summed E-state index contributed by atoms with van der Waals surface area (Å²) < 4.78 is 0. The van der Waals surface area contributed by atoms with Crippen LogP contribution in [0.1, 0.15) is 6.92 Å². The van der Waals surface area contributed by atoms with Crippen molar-refractivity contribution < 1.29 is 9.90 Å². The molecule has 0 aliphatic rings. The Hall–Kier alpha value is -1.23. The van der Waals surface area contributed by atoms with Crippen LogP contribution in [0.4, 0.5) is 0 Å². The molecule has 0 amide bonds. The van der Waals surface area contributed by atoms with Crippen molar-refractivity contribution in [1.29, 1.82) is 0 Å². The van der Waals surface area contributed by atoms with Crippen LogP contribution >= 0.6 is 0 Å². The maximum absolute atomic E-state index is 9.72. The van der Waals surface area contributed by atoms with Crippen molar-refractivity contribution in [3.63, 3.8) is 0 Å². The third-order valence-corrected chi connectivity index (χ3v) is 0.454. The highest BCUT2D eigenvalue weighted by molar-refractivity contribution is 5.80. The van der Waals surface area contributed by atoms with Crippen molar-refractivity contribution in [3.05, 3.63) is 12.2 Å². The normalized spacial score (nSPS) is 8.12. The van der Waals surface area contributed by atoms with E-state index in [1.807, 2.05) is 0 Å². The highest BCUT2D eigenvalue weighted by Crippen LogP contribution is 1.67. The SMILES string of the molecule is CC#C/C=C\C(=O)O. The monoisotopic (exact) mass is 110 g/mol. The predicted octanol–water partition coefficient (Wildman–Crippen LogP) is 0.650. The van der Waals surface area contributed by atoms with Gasteiger partial charge in [-0.1, -0.05) is 5.92 Å². The fourth-order valence-electron chi connectivity index (χ4n) is 0.196. The number of carbonyl (C=O) groups is 1. The zero-order valence-corrected chi connectivity index (χ0v) is 4.51. The Balaban J connectivity index is 3.61. The van der Waals surface area contributed by atoms with E-state index in [1.54, 1.807) is 6.92 Å². The molecule has 0 atom stereocenters. The van der Waals surface area contributed by atoms with Crippen LogP contribution in [0.15, 0.2) is 12.2 Å². The van der Waals surface area contributed by atoms with Crippen molar-refractivity contribution in [3.8, 4) is 11.8 Å². The molecule has 42 valence electrons. The van der Waals surface area contributed by atoms with E-state index in [0.717, 1.165) is 6.08 Å². The molecule has 0 aromatic heterocycles. The quantitative estimate of drug-likeness (QED) is 0.397. The van der Waals surface area contributed by atoms with Crippen LogP contribution in [-0.4, -0.2) is 11.1 Å². The van der Waals surface area contributed by atoms with Crippen LogP contribution < -0.4 is 0 Å². The molecule has 0 fully saturated rings. The van der Waals surface area contributed by atoms with Gasteiger partial charge in [0.25, 0.3) is 0 Å². The molecule has 0 aromatic rings. The molecule has 0 aliphatic carbocycles. The van der Waals surface area contributed by atoms with E-state index < -0.39 is 5.97 Å². The summed E-state index contributed by atoms with van der Waals surface area (Å²) in [6.45, 7) is 1.65. The van der Waals surface area contributed by atoms with Crippen molar-refractivity contribution in [2.75, 3.05) is 0 Å². The fraction of sp³-hybridized carbons (Fsp3) is 0.167. The van der Waals surface area contributed by atoms with E-state index in [4.69, 9.17) is 5.11 Å². The highest BCUT2D eigenvalue weighted by atomic mass is 16.4. The number of hydrogen-bond acceptors (Lipinski definition) is 1. The summed E-state index contributed by atoms with van der Waals surface area (Å²) in [7, 11) is 0. The molecule has 0 saturated heterocycles. The number of carboxylic acid groups (broad SMARTS) is 1. The van der Waals surface area contributed by atoms with Gasteiger partial charge in [-0.2, -0.15) is 0 Å². The van der Waals surface area contributed by atoms with Crippen LogP contribution in [0, 0.1) is 11.8 Å². The minimum absolute atomic E-state index is 0.965. The summed E-state index contributed by atoms with van der Waals surface area (Å²) >= 11 is 0. The maximum Gasteiger partial charge on any atom is 0.328 e. The van der Waals surface area contributed by atoms with E-state index in [9.17, 15) is 4.79 Å². The Morgan fingerprint density at radius 3 is 2.75 bits per heavy atom. The first-order chi connectivity index (χ1) is 3.77. The molecule has 1 N–H and O–H groups in total. The number of aliphatic carboxylic acids is 1. The van der Waals surface area contributed by atoms with Crippen LogP contribution in [0.25, 0.3) is 0 Å². The number of allylic oxidation sites excluding steroid dienone is 1. The van der Waals surface area contributed by atoms with E-state index in [0.29, 0.717) is 0 Å². The second-order valence-electron chi connectivity index (χ2n) is 1.07. The average molecular weight is 110 g/mol. The van der Waals surface area contributed by atoms with Gasteiger partial charge in [-0.05, 0) is 13.0 Å². The van der Waals surface area contributed by atoms with Gasteiger partial charge in [0.05, 0.1) is 0 Å². The zero-order valence-electron chi connectivity index (χ0n) is 4.51. The molecule has 0 spiro atoms. The van der Waals surface area contributed by atoms with Gasteiger partial charge < -0.3 is 5.11 Å². The molecule has 0 bridgehead atoms. The lowest BCUT2D eigenvalue weighted by Gasteiger charge is -1.69. The van der Waals surface area contributed by atoms with E-state index in [-0.39, 0.29) is 0 Å². The Kier molecular flexibility index (Phi) is 3.34. The molecule has 0 unspecified atom stereocenters. The molecule has 2 heteroatoms. The van der Waals surface area contributed by atoms with Crippen molar-refractivity contribution >= 4 is 5.97 Å². The minimum atomic E-state index is -0.965. The van der Waals surface area contributed by atoms with E-state index in [1.165, 1.54) is 6.08 Å². The van der Waals surface area contributed by atoms with Crippen molar-refractivity contribution in [2.24, 2.45) is 0 Å². The van der Waals surface area contributed by atoms with Gasteiger partial charge in [-0.25, -0.2) is 4.79 Å². The number of rotatable bonds is 1. The lowest BCUT2D eigenvalue weighted by atomic mass is 10.5. The highest BCUT2D eigenvalue weighted by Gasteiger charge is 1.78. The summed E-state index contributed by atoms with van der Waals surface area (Å²) in [6.07, 6.45) is 2.29. The van der Waals surface area contributed by atoms with Gasteiger partial charge in [0.1, 0.15) is 0 Å². The Labute approximate surface area is 47.8 Å². The fourth-order valence-corrected chi connectivity index (χ4v) is 0.196. The molecule has 0 radical (unpaired) electrons. The van der Waals surface area contributed by atoms with Gasteiger partial charge in [0.2, 0.25) is 0 Å². The van der Waals surface area contributed by atoms with E-state index >= 15 is 0 Å². The molecule has 0 aromatic carbocycles. The van der Waals surface area contributed by atoms with Crippen LogP contribution in [0.3, 0.4) is 0 Å². The summed E-state index contributed by atoms with van der Waals surface area (Å²) in [6, 6.07) is 0. The summed E-state index contributed by atoms with van der Waals surface area (Å²) in [4.78, 5) is 9.72. The largest absolute Gasteiger partial charge is 0.478 e. The first-order valence-corrected chi connectivity index (χ1v) is 2.09. The minimum Gasteiger partial charge on any atom is -0.478 e. The number of carboxylic acids is 1. The van der Waals surface area contributed by atoms with Gasteiger partial charge in [0.15, 0.2) is 0 Å². The third kappa shape index (κ3) is 4.77.